The van der Waals surface area contributed by atoms with Crippen LogP contribution in [0, 0.1) is 0 Å². The third kappa shape index (κ3) is 4.39. The van der Waals surface area contributed by atoms with Crippen LogP contribution in [0.15, 0.2) is 24.3 Å². The van der Waals surface area contributed by atoms with Crippen molar-refractivity contribution in [3.05, 3.63) is 29.8 Å². The molecule has 0 heterocycles. The Kier molecular flexibility index (Phi) is 3.99. The molecule has 0 fully saturated rings. The molecule has 0 unspecified atom stereocenters. The largest absolute Gasteiger partial charge is 0.446 e. The summed E-state index contributed by atoms with van der Waals surface area (Å²) in [6, 6.07) is 5.25. The molecule has 0 saturated heterocycles. The smallest absolute Gasteiger partial charge is 0.362 e. The number of carbonyl (C=O) groups is 1. The predicted molar refractivity (Wildman–Crippen MR) is 56.4 cm³/mol. The maximum absolute atomic E-state index is 10.4. The number of hydrogen-bond acceptors (Lipinski definition) is 5. The van der Waals surface area contributed by atoms with Crippen molar-refractivity contribution in [2.24, 2.45) is 5.73 Å². The van der Waals surface area contributed by atoms with E-state index >= 15 is 0 Å². The first-order valence-corrected chi connectivity index (χ1v) is 5.74. The Morgan fingerprint density at radius 3 is 2.38 bits per heavy atom. The van der Waals surface area contributed by atoms with Crippen LogP contribution >= 0.6 is 0 Å². The van der Waals surface area contributed by atoms with Crippen LogP contribution in [0.25, 0.3) is 0 Å². The van der Waals surface area contributed by atoms with Crippen LogP contribution in [0.1, 0.15) is 5.56 Å². The van der Waals surface area contributed by atoms with Gasteiger partial charge in [0.15, 0.2) is 0 Å². The molecule has 7 heteroatoms. The van der Waals surface area contributed by atoms with E-state index < -0.39 is 16.4 Å². The van der Waals surface area contributed by atoms with Gasteiger partial charge in [-0.05, 0) is 24.1 Å². The molecule has 1 rings (SSSR count). The van der Waals surface area contributed by atoms with Crippen LogP contribution in [0.5, 0.6) is 5.75 Å². The van der Waals surface area contributed by atoms with Crippen LogP contribution < -0.4 is 9.92 Å². The normalized spacial score (nSPS) is 13.1. The number of nitrogens with two attached hydrogens (primary N) is 1. The van der Waals surface area contributed by atoms with E-state index in [1.807, 2.05) is 0 Å². The molecule has 88 valence electrons. The van der Waals surface area contributed by atoms with Gasteiger partial charge in [0.25, 0.3) is 0 Å². The molecule has 0 radical (unpaired) electrons. The number of benzene rings is 1. The molecule has 3 N–H and O–H groups in total. The van der Waals surface area contributed by atoms with Crippen molar-refractivity contribution in [1.82, 2.24) is 0 Å². The highest BCUT2D eigenvalue weighted by Crippen LogP contribution is 2.14. The zero-order valence-electron chi connectivity index (χ0n) is 8.24. The number of hydrogen-bond donors (Lipinski definition) is 2. The van der Waals surface area contributed by atoms with E-state index in [4.69, 9.17) is 10.3 Å². The topological polar surface area (TPSA) is 107 Å². The molecule has 0 bridgehead atoms. The lowest BCUT2D eigenvalue weighted by Gasteiger charge is -2.05. The molecule has 0 aliphatic carbocycles. The van der Waals surface area contributed by atoms with Crippen molar-refractivity contribution < 1.29 is 21.9 Å². The van der Waals surface area contributed by atoms with Crippen molar-refractivity contribution in [3.8, 4) is 5.75 Å². The lowest BCUT2D eigenvalue weighted by Crippen LogP contribution is -2.23. The second kappa shape index (κ2) is 5.06. The fourth-order valence-electron chi connectivity index (χ4n) is 1.12. The van der Waals surface area contributed by atoms with Gasteiger partial charge in [0.2, 0.25) is 0 Å². The molecule has 1 aromatic carbocycles. The Bertz CT molecular complexity index is 453. The van der Waals surface area contributed by atoms with E-state index in [2.05, 4.69) is 4.18 Å². The summed E-state index contributed by atoms with van der Waals surface area (Å²) in [6.45, 7) is 0. The molecule has 0 aromatic heterocycles. The van der Waals surface area contributed by atoms with Crippen molar-refractivity contribution in [1.29, 1.82) is 0 Å². The molecule has 16 heavy (non-hydrogen) atoms. The lowest BCUT2D eigenvalue weighted by molar-refractivity contribution is -0.108. The highest BCUT2D eigenvalue weighted by molar-refractivity contribution is 7.81. The van der Waals surface area contributed by atoms with Crippen molar-refractivity contribution in [2.75, 3.05) is 0 Å². The first-order chi connectivity index (χ1) is 7.40. The van der Waals surface area contributed by atoms with Crippen LogP contribution in [0.3, 0.4) is 0 Å². The van der Waals surface area contributed by atoms with Crippen LogP contribution in [-0.4, -0.2) is 25.3 Å². The summed E-state index contributed by atoms with van der Waals surface area (Å²) >= 11 is 0. The number of rotatable bonds is 5. The molecule has 6 nitrogen and oxygen atoms in total. The average Bonchev–Trinajstić information content (AvgIpc) is 2.18. The molecular weight excluding hydrogens is 234 g/mol. The second-order valence-electron chi connectivity index (χ2n) is 3.16. The maximum atomic E-state index is 10.4. The third-order valence-corrected chi connectivity index (χ3v) is 2.17. The molecule has 0 aliphatic heterocycles. The van der Waals surface area contributed by atoms with Crippen LogP contribution in [0.4, 0.5) is 0 Å². The second-order valence-corrected chi connectivity index (χ2v) is 4.18. The van der Waals surface area contributed by atoms with Crippen LogP contribution in [0.2, 0.25) is 0 Å². The van der Waals surface area contributed by atoms with Gasteiger partial charge in [-0.3, -0.25) is 4.55 Å². The Morgan fingerprint density at radius 1 is 1.38 bits per heavy atom. The summed E-state index contributed by atoms with van der Waals surface area (Å²) < 4.78 is 33.4. The van der Waals surface area contributed by atoms with E-state index in [0.717, 1.165) is 5.56 Å². The van der Waals surface area contributed by atoms with Crippen molar-refractivity contribution in [2.45, 2.75) is 12.5 Å². The van der Waals surface area contributed by atoms with E-state index in [1.54, 1.807) is 12.1 Å². The minimum absolute atomic E-state index is 0.00840. The van der Waals surface area contributed by atoms with Gasteiger partial charge >= 0.3 is 10.4 Å². The van der Waals surface area contributed by atoms with Crippen molar-refractivity contribution >= 4 is 16.7 Å². The first kappa shape index (κ1) is 12.6. The Morgan fingerprint density at radius 2 is 1.94 bits per heavy atom. The zero-order chi connectivity index (χ0) is 12.2. The molecule has 1 aromatic rings. The SMILES string of the molecule is N[C@H](C=O)Cc1ccc(OS(=O)(=O)O)cc1. The average molecular weight is 245 g/mol. The van der Waals surface area contributed by atoms with Gasteiger partial charge in [-0.2, -0.15) is 8.42 Å². The molecular formula is C9H11NO5S. The quantitative estimate of drug-likeness (QED) is 0.555. The summed E-state index contributed by atoms with van der Waals surface area (Å²) in [5, 5.41) is 0. The molecule has 0 amide bonds. The molecule has 0 spiro atoms. The van der Waals surface area contributed by atoms with Gasteiger partial charge in [0.1, 0.15) is 12.0 Å². The van der Waals surface area contributed by atoms with Gasteiger partial charge in [-0.25, -0.2) is 0 Å². The van der Waals surface area contributed by atoms with Gasteiger partial charge in [-0.15, -0.1) is 0 Å². The number of carbonyl (C=O) groups excluding carboxylic acids is 1. The van der Waals surface area contributed by atoms with Gasteiger partial charge in [-0.1, -0.05) is 12.1 Å². The summed E-state index contributed by atoms with van der Waals surface area (Å²) in [5.74, 6) is -0.00840. The first-order valence-electron chi connectivity index (χ1n) is 4.37. The Labute approximate surface area is 93.0 Å². The van der Waals surface area contributed by atoms with E-state index in [-0.39, 0.29) is 5.75 Å². The van der Waals surface area contributed by atoms with Gasteiger partial charge in [0.05, 0.1) is 6.04 Å². The fraction of sp³-hybridized carbons (Fsp3) is 0.222. The molecule has 1 atom stereocenters. The van der Waals surface area contributed by atoms with Gasteiger partial charge < -0.3 is 14.7 Å². The monoisotopic (exact) mass is 245 g/mol. The predicted octanol–water partition coefficient (Wildman–Crippen LogP) is -0.0631. The lowest BCUT2D eigenvalue weighted by atomic mass is 10.1. The summed E-state index contributed by atoms with van der Waals surface area (Å²) in [7, 11) is -4.50. The molecule has 0 saturated carbocycles. The third-order valence-electron chi connectivity index (χ3n) is 1.77. The fourth-order valence-corrected chi connectivity index (χ4v) is 1.48. The standard InChI is InChI=1S/C9H11NO5S/c10-8(6-11)5-7-1-3-9(4-2-7)15-16(12,13)14/h1-4,6,8H,5,10H2,(H,12,13,14)/t8-/m0/s1. The summed E-state index contributed by atoms with van der Waals surface area (Å²) in [4.78, 5) is 10.3. The Balaban J connectivity index is 2.72. The highest BCUT2D eigenvalue weighted by atomic mass is 32.3. The van der Waals surface area contributed by atoms with Gasteiger partial charge in [0, 0.05) is 0 Å². The number of aldehydes is 1. The highest BCUT2D eigenvalue weighted by Gasteiger charge is 2.07. The van der Waals surface area contributed by atoms with Crippen molar-refractivity contribution in [3.63, 3.8) is 0 Å². The van der Waals surface area contributed by atoms with E-state index in [0.29, 0.717) is 12.7 Å². The Hall–Kier alpha value is -1.44. The maximum Gasteiger partial charge on any atom is 0.446 e. The van der Waals surface area contributed by atoms with E-state index in [9.17, 15) is 13.2 Å². The summed E-state index contributed by atoms with van der Waals surface area (Å²) in [6.07, 6.45) is 0.984. The zero-order valence-corrected chi connectivity index (χ0v) is 9.05. The molecule has 0 aliphatic rings. The summed E-state index contributed by atoms with van der Waals surface area (Å²) in [5.41, 5.74) is 6.18. The van der Waals surface area contributed by atoms with E-state index in [1.165, 1.54) is 12.1 Å². The van der Waals surface area contributed by atoms with Crippen LogP contribution in [-0.2, 0) is 21.6 Å². The minimum atomic E-state index is -4.50. The minimum Gasteiger partial charge on any atom is -0.362 e.